The van der Waals surface area contributed by atoms with Gasteiger partial charge < -0.3 is 66.4 Å². The van der Waals surface area contributed by atoms with Crippen molar-refractivity contribution in [2.45, 2.75) is 328 Å². The molecule has 12 atom stereocenters. The smallest absolute Gasteiger partial charge is 0.248 e. The number of likely N-dealkylation sites (N-methyl/N-ethyl adjacent to an activating group) is 5. The zero-order chi connectivity index (χ0) is 75.2. The summed E-state index contributed by atoms with van der Waals surface area (Å²) in [5.41, 5.74) is 0. The molecule has 2 saturated heterocycles. The van der Waals surface area contributed by atoms with E-state index in [0.29, 0.717) is 19.5 Å². The summed E-state index contributed by atoms with van der Waals surface area (Å²) in [6.45, 7) is 16.2. The van der Waals surface area contributed by atoms with Gasteiger partial charge in [-0.1, -0.05) is 170 Å². The maximum atomic E-state index is 15.9. The number of rotatable bonds is 19. The van der Waals surface area contributed by atoms with Crippen LogP contribution in [0.4, 0.5) is 0 Å². The number of nitrogens with one attached hydrogen (secondary N) is 6. The molecule has 0 spiro atoms. The third-order valence-electron chi connectivity index (χ3n) is 23.2. The van der Waals surface area contributed by atoms with Gasteiger partial charge in [-0.3, -0.25) is 57.5 Å². The highest BCUT2D eigenvalue weighted by Gasteiger charge is 2.45. The van der Waals surface area contributed by atoms with Crippen molar-refractivity contribution in [3.8, 4) is 0 Å². The molecule has 0 bridgehead atoms. The predicted molar refractivity (Wildman–Crippen MR) is 391 cm³/mol. The van der Waals surface area contributed by atoms with Crippen LogP contribution in [0.1, 0.15) is 255 Å². The monoisotopic (exact) mass is 1430 g/mol. The Kier molecular flexibility index (Phi) is 33.8. The number of amides is 12. The van der Waals surface area contributed by atoms with Gasteiger partial charge in [-0.25, -0.2) is 0 Å². The van der Waals surface area contributed by atoms with E-state index in [1.807, 2.05) is 32.6 Å². The van der Waals surface area contributed by atoms with Gasteiger partial charge in [0.05, 0.1) is 12.5 Å². The summed E-state index contributed by atoms with van der Waals surface area (Å²) in [6.07, 6.45) is 20.2. The van der Waals surface area contributed by atoms with Crippen LogP contribution >= 0.6 is 0 Å². The summed E-state index contributed by atoms with van der Waals surface area (Å²) in [6, 6.07) is -14.1. The molecule has 0 aromatic rings. The Morgan fingerprint density at radius 1 is 0.480 bits per heavy atom. The molecule has 2 aliphatic heterocycles. The number of aliphatic hydroxyl groups is 1. The molecule has 0 aromatic heterocycles. The lowest BCUT2D eigenvalue weighted by molar-refractivity contribution is -0.154. The van der Waals surface area contributed by atoms with Crippen LogP contribution < -0.4 is 31.9 Å². The lowest BCUT2D eigenvalue weighted by Crippen LogP contribution is -2.62. The van der Waals surface area contributed by atoms with Gasteiger partial charge in [0, 0.05) is 48.3 Å². The van der Waals surface area contributed by atoms with Crippen LogP contribution in [0.3, 0.4) is 0 Å². The number of carbonyl (C=O) groups excluding carboxylic acids is 12. The van der Waals surface area contributed by atoms with Crippen molar-refractivity contribution < 1.29 is 62.6 Å². The summed E-state index contributed by atoms with van der Waals surface area (Å²) in [5, 5.41) is 28.1. The Morgan fingerprint density at radius 2 is 0.951 bits per heavy atom. The minimum atomic E-state index is -1.72. The highest BCUT2D eigenvalue weighted by molar-refractivity contribution is 6.01. The Hall–Kier alpha value is -6.40. The van der Waals surface area contributed by atoms with Gasteiger partial charge in [0.15, 0.2) is 0 Å². The fraction of sp³-hybridized carbons (Fsp3) is 0.844. The molecule has 4 aliphatic carbocycles. The van der Waals surface area contributed by atoms with E-state index in [1.165, 1.54) is 68.6 Å². The molecule has 2 heterocycles. The van der Waals surface area contributed by atoms with Crippen LogP contribution in [-0.4, -0.2) is 226 Å². The third kappa shape index (κ3) is 24.3. The average molecular weight is 1430 g/mol. The molecule has 0 aromatic carbocycles. The van der Waals surface area contributed by atoms with Gasteiger partial charge >= 0.3 is 0 Å². The van der Waals surface area contributed by atoms with E-state index < -0.39 is 150 Å². The van der Waals surface area contributed by atoms with Gasteiger partial charge in [0.25, 0.3) is 0 Å². The molecule has 578 valence electrons. The molecule has 0 unspecified atom stereocenters. The lowest BCUT2D eigenvalue weighted by Gasteiger charge is -2.40. The standard InChI is InChI=1S/C77H132N12O13/c1-47(2)40-60-69(94)81-59(73(98)85(11)61(44-55-34-24-17-25-35-55)70(95)80-58(43-54-32-22-16-23-33-54)74(99)89-38-28-19-29-39-89)46-64(91)82-65(49(5)6)71(96)78-50(7)67(92)83-66(52(9)90)77(102)84(10)51(8)68(93)79-57(42-53-30-20-15-21-31-53)72(97)87(13)62(41-48(3)4)75(100)88(14)63(76(101)86(60)12)45-56-36-26-18-27-37-56/h47-63,65-66,90H,15-46H2,1-14H3,(H,78,96)(H,79,93)(H,80,95)(H,81,94)(H,82,91)(H,83,92)/t50-,51-,52+,57-,58-,59-,60-,61-,62-,63-,65+,66-/m0/s1. The van der Waals surface area contributed by atoms with Crippen LogP contribution in [0.25, 0.3) is 0 Å². The third-order valence-corrected chi connectivity index (χ3v) is 23.2. The van der Waals surface area contributed by atoms with Crippen molar-refractivity contribution in [2.24, 2.45) is 41.4 Å². The molecule has 25 nitrogen and oxygen atoms in total. The second kappa shape index (κ2) is 40.8. The summed E-state index contributed by atoms with van der Waals surface area (Å²) in [4.78, 5) is 189. The van der Waals surface area contributed by atoms with E-state index in [1.54, 1.807) is 20.9 Å². The van der Waals surface area contributed by atoms with Crippen LogP contribution in [0.2, 0.25) is 0 Å². The van der Waals surface area contributed by atoms with Crippen molar-refractivity contribution in [3.05, 3.63) is 0 Å². The van der Waals surface area contributed by atoms with E-state index in [2.05, 4.69) is 31.9 Å². The van der Waals surface area contributed by atoms with Crippen molar-refractivity contribution in [3.63, 3.8) is 0 Å². The zero-order valence-corrected chi connectivity index (χ0v) is 64.6. The first-order valence-corrected chi connectivity index (χ1v) is 39.4. The number of aliphatic hydroxyl groups excluding tert-OH is 1. The van der Waals surface area contributed by atoms with Gasteiger partial charge in [0.1, 0.15) is 66.5 Å². The molecule has 6 fully saturated rings. The molecular formula is C77H132N12O13. The van der Waals surface area contributed by atoms with Gasteiger partial charge in [0.2, 0.25) is 70.9 Å². The molecule has 12 amide bonds. The fourth-order valence-corrected chi connectivity index (χ4v) is 16.6. The van der Waals surface area contributed by atoms with E-state index in [0.717, 1.165) is 153 Å². The molecule has 4 saturated carbocycles. The summed E-state index contributed by atoms with van der Waals surface area (Å²) in [7, 11) is 7.39. The summed E-state index contributed by atoms with van der Waals surface area (Å²) in [5.74, 6) is -8.84. The maximum Gasteiger partial charge on any atom is 0.248 e. The SMILES string of the molecule is CC(C)C[C@H]1C(=O)N(C)[C@@H](CC2CCCCC2)C(=O)N(C)[C@@H](CC(C)C)C(=O)N[C@H](C(=O)N(C)[C@@H](CC2CCCCC2)C(=O)N[C@@H](CC2CCCCC2)C(=O)N2CCCCC2)CC(=O)N[C@H](C(C)C)C(=O)N[C@@H](C)C(=O)N[C@@H]([C@@H](C)O)C(=O)N(C)[C@@H](C)C(=O)N[C@@H](CC2CCCCC2)C(=O)N1C. The number of likely N-dealkylation sites (tertiary alicyclic amines) is 1. The topological polar surface area (TPSA) is 317 Å². The fourth-order valence-electron chi connectivity index (χ4n) is 16.6. The average Bonchev–Trinajstić information content (AvgIpc) is 0.809. The molecule has 102 heavy (non-hydrogen) atoms. The second-order valence-electron chi connectivity index (χ2n) is 32.7. The van der Waals surface area contributed by atoms with E-state index in [4.69, 9.17) is 0 Å². The van der Waals surface area contributed by atoms with Crippen LogP contribution in [0.15, 0.2) is 0 Å². The Balaban J connectivity index is 1.47. The van der Waals surface area contributed by atoms with Crippen LogP contribution in [0, 0.1) is 41.4 Å². The van der Waals surface area contributed by atoms with E-state index in [9.17, 15) is 33.9 Å². The molecular weight excluding hydrogens is 1300 g/mol. The Labute approximate surface area is 609 Å². The van der Waals surface area contributed by atoms with Crippen molar-refractivity contribution in [2.75, 3.05) is 48.3 Å². The van der Waals surface area contributed by atoms with Crippen LogP contribution in [0.5, 0.6) is 0 Å². The number of hydrogen-bond donors (Lipinski definition) is 7. The molecule has 6 rings (SSSR count). The summed E-state index contributed by atoms with van der Waals surface area (Å²) < 4.78 is 0. The molecule has 25 heteroatoms. The van der Waals surface area contributed by atoms with Gasteiger partial charge in [-0.05, 0) is 120 Å². The number of piperidine rings is 1. The molecule has 0 radical (unpaired) electrons. The van der Waals surface area contributed by atoms with Crippen molar-refractivity contribution in [1.29, 1.82) is 0 Å². The Bertz CT molecular complexity index is 2810. The number of hydrogen-bond acceptors (Lipinski definition) is 13. The maximum absolute atomic E-state index is 15.9. The highest BCUT2D eigenvalue weighted by atomic mass is 16.3. The predicted octanol–water partition coefficient (Wildman–Crippen LogP) is 6.50. The van der Waals surface area contributed by atoms with Crippen molar-refractivity contribution in [1.82, 2.24) is 61.3 Å². The first-order chi connectivity index (χ1) is 48.3. The van der Waals surface area contributed by atoms with Crippen LogP contribution in [-0.2, 0) is 57.5 Å². The normalized spacial score (nSPS) is 28.0. The second-order valence-corrected chi connectivity index (χ2v) is 32.7. The first-order valence-electron chi connectivity index (χ1n) is 39.4. The zero-order valence-electron chi connectivity index (χ0n) is 64.6. The minimum absolute atomic E-state index is 0.0140. The quantitative estimate of drug-likeness (QED) is 0.0728. The number of nitrogens with zero attached hydrogens (tertiary/aromatic N) is 6. The lowest BCUT2D eigenvalue weighted by atomic mass is 9.83. The first kappa shape index (κ1) is 84.5. The van der Waals surface area contributed by atoms with E-state index in [-0.39, 0.29) is 73.5 Å². The van der Waals surface area contributed by atoms with E-state index >= 15 is 28.8 Å². The molecule has 7 N–H and O–H groups in total. The highest BCUT2D eigenvalue weighted by Crippen LogP contribution is 2.34. The summed E-state index contributed by atoms with van der Waals surface area (Å²) >= 11 is 0. The van der Waals surface area contributed by atoms with Gasteiger partial charge in [-0.15, -0.1) is 0 Å². The molecule has 6 aliphatic rings. The van der Waals surface area contributed by atoms with Crippen molar-refractivity contribution >= 4 is 70.9 Å². The minimum Gasteiger partial charge on any atom is -0.391 e. The largest absolute Gasteiger partial charge is 0.391 e. The number of carbonyl (C=O) groups is 12. The Morgan fingerprint density at radius 3 is 1.47 bits per heavy atom. The van der Waals surface area contributed by atoms with Gasteiger partial charge in [-0.2, -0.15) is 0 Å².